The van der Waals surface area contributed by atoms with E-state index >= 15 is 0 Å². The van der Waals surface area contributed by atoms with Crippen LogP contribution in [0.5, 0.6) is 0 Å². The largest absolute Gasteiger partial charge is 0.113 e. The number of halogens is 1. The van der Waals surface area contributed by atoms with Crippen molar-refractivity contribution in [2.75, 3.05) is 0 Å². The van der Waals surface area contributed by atoms with Gasteiger partial charge in [-0.05, 0) is 18.1 Å². The molecule has 0 aromatic heterocycles. The van der Waals surface area contributed by atoms with E-state index < -0.39 is 0 Å². The van der Waals surface area contributed by atoms with Crippen LogP contribution >= 0.6 is 11.6 Å². The summed E-state index contributed by atoms with van der Waals surface area (Å²) in [5.41, 5.74) is 3.47. The van der Waals surface area contributed by atoms with Crippen molar-refractivity contribution >= 4 is 27.0 Å². The Morgan fingerprint density at radius 2 is 1.81 bits per heavy atom. The maximum absolute atomic E-state index is 6.48. The number of hydrogen-bond acceptors (Lipinski definition) is 0. The lowest BCUT2D eigenvalue weighted by atomic mass is 10.0. The van der Waals surface area contributed by atoms with E-state index in [1.165, 1.54) is 5.56 Å². The molecule has 1 atom stereocenters. The van der Waals surface area contributed by atoms with Gasteiger partial charge in [0.15, 0.2) is 0 Å². The third kappa shape index (κ3) is 2.37. The summed E-state index contributed by atoms with van der Waals surface area (Å²) in [7, 11) is 3.58. The Morgan fingerprint density at radius 1 is 1.06 bits per heavy atom. The smallest absolute Gasteiger partial charge is 0.0834 e. The predicted molar refractivity (Wildman–Crippen MR) is 70.7 cm³/mol. The van der Waals surface area contributed by atoms with Gasteiger partial charge in [-0.15, -0.1) is 11.6 Å². The Hall–Kier alpha value is -1.05. The summed E-state index contributed by atoms with van der Waals surface area (Å²) < 4.78 is 0. The SMILES string of the molecule is Cc1cccc(C(Cl)c2ccccc2[Si])c1. The summed E-state index contributed by atoms with van der Waals surface area (Å²) in [5.74, 6) is 0. The lowest BCUT2D eigenvalue weighted by molar-refractivity contribution is 1.14. The summed E-state index contributed by atoms with van der Waals surface area (Å²) in [6.07, 6.45) is 0. The third-order valence-electron chi connectivity index (χ3n) is 2.57. The Labute approximate surface area is 105 Å². The fraction of sp³-hybridized carbons (Fsp3) is 0.143. The summed E-state index contributed by atoms with van der Waals surface area (Å²) in [4.78, 5) is 0. The first-order valence-corrected chi connectivity index (χ1v) is 6.13. The van der Waals surface area contributed by atoms with E-state index in [4.69, 9.17) is 11.6 Å². The minimum atomic E-state index is -0.103. The van der Waals surface area contributed by atoms with Gasteiger partial charge in [-0.25, -0.2) is 0 Å². The Kier molecular flexibility index (Phi) is 3.47. The predicted octanol–water partition coefficient (Wildman–Crippen LogP) is 3.12. The second-order valence-electron chi connectivity index (χ2n) is 3.86. The molecule has 2 aromatic carbocycles. The van der Waals surface area contributed by atoms with E-state index in [9.17, 15) is 0 Å². The average molecular weight is 244 g/mol. The highest BCUT2D eigenvalue weighted by atomic mass is 35.5. The molecular weight excluding hydrogens is 232 g/mol. The summed E-state index contributed by atoms with van der Waals surface area (Å²) in [5, 5.41) is 0.942. The van der Waals surface area contributed by atoms with Crippen LogP contribution in [0.2, 0.25) is 0 Å². The van der Waals surface area contributed by atoms with E-state index in [2.05, 4.69) is 35.4 Å². The lowest BCUT2D eigenvalue weighted by Gasteiger charge is -2.13. The molecular formula is C14H12ClSi. The fourth-order valence-corrected chi connectivity index (χ4v) is 2.47. The van der Waals surface area contributed by atoms with Gasteiger partial charge in [0.05, 0.1) is 15.6 Å². The van der Waals surface area contributed by atoms with Gasteiger partial charge in [-0.2, -0.15) is 0 Å². The Morgan fingerprint density at radius 3 is 2.50 bits per heavy atom. The van der Waals surface area contributed by atoms with E-state index in [0.717, 1.165) is 16.3 Å². The molecule has 0 heterocycles. The van der Waals surface area contributed by atoms with Crippen LogP contribution in [-0.2, 0) is 0 Å². The van der Waals surface area contributed by atoms with Gasteiger partial charge in [0, 0.05) is 0 Å². The third-order valence-corrected chi connectivity index (χ3v) is 3.51. The highest BCUT2D eigenvalue weighted by Gasteiger charge is 2.12. The van der Waals surface area contributed by atoms with Crippen molar-refractivity contribution < 1.29 is 0 Å². The van der Waals surface area contributed by atoms with Crippen LogP contribution in [0.1, 0.15) is 22.1 Å². The summed E-state index contributed by atoms with van der Waals surface area (Å²) in [6.45, 7) is 2.08. The zero-order valence-corrected chi connectivity index (χ0v) is 10.8. The number of benzene rings is 2. The van der Waals surface area contributed by atoms with Gasteiger partial charge in [-0.1, -0.05) is 59.3 Å². The van der Waals surface area contributed by atoms with Crippen molar-refractivity contribution in [1.29, 1.82) is 0 Å². The van der Waals surface area contributed by atoms with Gasteiger partial charge in [0.25, 0.3) is 0 Å². The molecule has 16 heavy (non-hydrogen) atoms. The topological polar surface area (TPSA) is 0 Å². The van der Waals surface area contributed by atoms with Crippen molar-refractivity contribution in [3.63, 3.8) is 0 Å². The molecule has 2 rings (SSSR count). The summed E-state index contributed by atoms with van der Waals surface area (Å²) in [6, 6.07) is 16.3. The second-order valence-corrected chi connectivity index (χ2v) is 4.84. The van der Waals surface area contributed by atoms with Crippen LogP contribution in [0.15, 0.2) is 48.5 Å². The van der Waals surface area contributed by atoms with Gasteiger partial charge >= 0.3 is 0 Å². The van der Waals surface area contributed by atoms with E-state index in [-0.39, 0.29) is 5.38 Å². The van der Waals surface area contributed by atoms with Crippen molar-refractivity contribution in [2.24, 2.45) is 0 Å². The molecule has 0 saturated carbocycles. The second kappa shape index (κ2) is 4.85. The van der Waals surface area contributed by atoms with Gasteiger partial charge in [0.1, 0.15) is 0 Å². The van der Waals surface area contributed by atoms with Crippen molar-refractivity contribution in [3.8, 4) is 0 Å². The lowest BCUT2D eigenvalue weighted by Crippen LogP contribution is -2.11. The molecule has 0 N–H and O–H groups in total. The molecule has 0 aliphatic heterocycles. The molecule has 3 radical (unpaired) electrons. The Bertz CT molecular complexity index is 494. The molecule has 0 amide bonds. The molecule has 2 aromatic rings. The number of rotatable bonds is 2. The molecule has 0 nitrogen and oxygen atoms in total. The zero-order chi connectivity index (χ0) is 11.5. The van der Waals surface area contributed by atoms with Crippen LogP contribution in [0, 0.1) is 6.92 Å². The fourth-order valence-electron chi connectivity index (χ4n) is 1.73. The number of aryl methyl sites for hydroxylation is 1. The van der Waals surface area contributed by atoms with Gasteiger partial charge in [0.2, 0.25) is 0 Å². The first-order chi connectivity index (χ1) is 7.68. The molecule has 0 aliphatic rings. The monoisotopic (exact) mass is 243 g/mol. The van der Waals surface area contributed by atoms with E-state index in [1.54, 1.807) is 0 Å². The maximum Gasteiger partial charge on any atom is 0.0834 e. The molecule has 2 heteroatoms. The van der Waals surface area contributed by atoms with Crippen LogP contribution in [0.3, 0.4) is 0 Å². The van der Waals surface area contributed by atoms with Crippen LogP contribution in [0.25, 0.3) is 0 Å². The molecule has 0 bridgehead atoms. The highest BCUT2D eigenvalue weighted by Crippen LogP contribution is 2.27. The first-order valence-electron chi connectivity index (χ1n) is 5.19. The van der Waals surface area contributed by atoms with Crippen molar-refractivity contribution in [1.82, 2.24) is 0 Å². The van der Waals surface area contributed by atoms with Crippen molar-refractivity contribution in [3.05, 3.63) is 65.2 Å². The van der Waals surface area contributed by atoms with Gasteiger partial charge in [-0.3, -0.25) is 0 Å². The van der Waals surface area contributed by atoms with Crippen molar-refractivity contribution in [2.45, 2.75) is 12.3 Å². The average Bonchev–Trinajstić information content (AvgIpc) is 2.29. The zero-order valence-electron chi connectivity index (χ0n) is 9.07. The van der Waals surface area contributed by atoms with Crippen LogP contribution in [0.4, 0.5) is 0 Å². The van der Waals surface area contributed by atoms with Gasteiger partial charge < -0.3 is 0 Å². The standard InChI is InChI=1S/C14H12ClSi/c1-10-5-4-6-11(9-10)14(15)12-7-2-3-8-13(12)16/h2-9,14H,1H3. The molecule has 0 saturated heterocycles. The number of alkyl halides is 1. The summed E-state index contributed by atoms with van der Waals surface area (Å²) >= 11 is 6.48. The molecule has 0 spiro atoms. The number of hydrogen-bond donors (Lipinski definition) is 0. The minimum Gasteiger partial charge on any atom is -0.113 e. The molecule has 0 fully saturated rings. The van der Waals surface area contributed by atoms with Crippen LogP contribution < -0.4 is 5.19 Å². The highest BCUT2D eigenvalue weighted by molar-refractivity contribution is 6.35. The quantitative estimate of drug-likeness (QED) is 0.562. The normalized spacial score (nSPS) is 12.4. The Balaban J connectivity index is 2.39. The first kappa shape index (κ1) is 11.4. The minimum absolute atomic E-state index is 0.103. The molecule has 79 valence electrons. The molecule has 1 unspecified atom stereocenters. The van der Waals surface area contributed by atoms with E-state index in [1.807, 2.05) is 30.3 Å². The van der Waals surface area contributed by atoms with Crippen LogP contribution in [-0.4, -0.2) is 10.2 Å². The molecule has 0 aliphatic carbocycles. The maximum atomic E-state index is 6.48. The van der Waals surface area contributed by atoms with E-state index in [0.29, 0.717) is 0 Å².